The van der Waals surface area contributed by atoms with E-state index in [1.807, 2.05) is 20.8 Å². The van der Waals surface area contributed by atoms with Gasteiger partial charge in [-0.2, -0.15) is 0 Å². The van der Waals surface area contributed by atoms with Crippen molar-refractivity contribution in [3.8, 4) is 0 Å². The molecule has 20 heavy (non-hydrogen) atoms. The van der Waals surface area contributed by atoms with Crippen LogP contribution >= 0.6 is 0 Å². The van der Waals surface area contributed by atoms with Crippen LogP contribution in [0.4, 0.5) is 0 Å². The first-order valence-electron chi connectivity index (χ1n) is 6.61. The zero-order valence-electron chi connectivity index (χ0n) is 13.3. The van der Waals surface area contributed by atoms with Crippen LogP contribution in [0.1, 0.15) is 27.2 Å². The molecular weight excluding hydrogens is 258 g/mol. The maximum atomic E-state index is 11.6. The Labute approximate surface area is 121 Å². The average molecular weight is 285 g/mol. The van der Waals surface area contributed by atoms with Gasteiger partial charge in [0.15, 0.2) is 5.96 Å². The lowest BCUT2D eigenvalue weighted by Gasteiger charge is -2.21. The molecule has 0 unspecified atom stereocenters. The average Bonchev–Trinajstić information content (AvgIpc) is 2.30. The minimum atomic E-state index is -0.256. The van der Waals surface area contributed by atoms with Crippen molar-refractivity contribution in [3.05, 3.63) is 0 Å². The topological polar surface area (TPSA) is 85.8 Å². The van der Waals surface area contributed by atoms with Gasteiger partial charge in [-0.1, -0.05) is 0 Å². The Morgan fingerprint density at radius 1 is 1.15 bits per heavy atom. The second-order valence-electron chi connectivity index (χ2n) is 5.69. The summed E-state index contributed by atoms with van der Waals surface area (Å²) in [7, 11) is 5.04. The standard InChI is InChI=1S/C13H27N5O2/c1-13(2,3)17-10(19)9-16-12(14-4)15-8-7-11(20)18(5)6/h7-9H2,1-6H3,(H,17,19)(H2,14,15,16). The Morgan fingerprint density at radius 2 is 1.75 bits per heavy atom. The zero-order chi connectivity index (χ0) is 15.8. The molecular formula is C13H27N5O2. The third kappa shape index (κ3) is 9.18. The Kier molecular flexibility index (Phi) is 7.64. The van der Waals surface area contributed by atoms with Crippen molar-refractivity contribution in [2.45, 2.75) is 32.7 Å². The lowest BCUT2D eigenvalue weighted by molar-refractivity contribution is -0.128. The molecule has 0 bridgehead atoms. The number of rotatable bonds is 5. The number of hydrogen-bond donors (Lipinski definition) is 3. The van der Waals surface area contributed by atoms with Crippen molar-refractivity contribution < 1.29 is 9.59 Å². The largest absolute Gasteiger partial charge is 0.356 e. The number of carbonyl (C=O) groups is 2. The number of amides is 2. The van der Waals surface area contributed by atoms with E-state index in [2.05, 4.69) is 20.9 Å². The summed E-state index contributed by atoms with van der Waals surface area (Å²) in [5.74, 6) is 0.434. The number of hydrogen-bond acceptors (Lipinski definition) is 3. The highest BCUT2D eigenvalue weighted by Gasteiger charge is 2.13. The van der Waals surface area contributed by atoms with Gasteiger partial charge in [0.05, 0.1) is 6.54 Å². The fourth-order valence-electron chi connectivity index (χ4n) is 1.36. The van der Waals surface area contributed by atoms with Crippen LogP contribution in [0.2, 0.25) is 0 Å². The number of carbonyl (C=O) groups excluding carboxylic acids is 2. The fourth-order valence-corrected chi connectivity index (χ4v) is 1.36. The van der Waals surface area contributed by atoms with Crippen LogP contribution in [0.5, 0.6) is 0 Å². The third-order valence-corrected chi connectivity index (χ3v) is 2.28. The smallest absolute Gasteiger partial charge is 0.239 e. The quantitative estimate of drug-likeness (QED) is 0.471. The highest BCUT2D eigenvalue weighted by molar-refractivity contribution is 5.87. The van der Waals surface area contributed by atoms with E-state index in [-0.39, 0.29) is 23.9 Å². The molecule has 7 nitrogen and oxygen atoms in total. The van der Waals surface area contributed by atoms with Gasteiger partial charge in [0.2, 0.25) is 11.8 Å². The first-order valence-corrected chi connectivity index (χ1v) is 6.61. The van der Waals surface area contributed by atoms with E-state index in [9.17, 15) is 9.59 Å². The monoisotopic (exact) mass is 285 g/mol. The van der Waals surface area contributed by atoms with Crippen molar-refractivity contribution in [1.82, 2.24) is 20.9 Å². The first-order chi connectivity index (χ1) is 9.15. The van der Waals surface area contributed by atoms with Crippen molar-refractivity contribution >= 4 is 17.8 Å². The van der Waals surface area contributed by atoms with E-state index < -0.39 is 0 Å². The van der Waals surface area contributed by atoms with E-state index in [0.29, 0.717) is 18.9 Å². The molecule has 0 aliphatic heterocycles. The van der Waals surface area contributed by atoms with Gasteiger partial charge in [-0.25, -0.2) is 0 Å². The van der Waals surface area contributed by atoms with E-state index in [0.717, 1.165) is 0 Å². The molecule has 0 aromatic carbocycles. The van der Waals surface area contributed by atoms with Gasteiger partial charge in [0, 0.05) is 39.6 Å². The van der Waals surface area contributed by atoms with Gasteiger partial charge in [0.1, 0.15) is 0 Å². The van der Waals surface area contributed by atoms with Gasteiger partial charge in [-0.3, -0.25) is 14.6 Å². The van der Waals surface area contributed by atoms with Crippen LogP contribution < -0.4 is 16.0 Å². The summed E-state index contributed by atoms with van der Waals surface area (Å²) >= 11 is 0. The second-order valence-corrected chi connectivity index (χ2v) is 5.69. The molecule has 0 aliphatic rings. The summed E-state index contributed by atoms with van der Waals surface area (Å²) in [6, 6.07) is 0. The van der Waals surface area contributed by atoms with E-state index in [1.54, 1.807) is 21.1 Å². The van der Waals surface area contributed by atoms with Crippen LogP contribution in [0.25, 0.3) is 0 Å². The van der Waals surface area contributed by atoms with Crippen molar-refractivity contribution in [1.29, 1.82) is 0 Å². The van der Waals surface area contributed by atoms with E-state index >= 15 is 0 Å². The molecule has 0 aliphatic carbocycles. The third-order valence-electron chi connectivity index (χ3n) is 2.28. The molecule has 116 valence electrons. The summed E-state index contributed by atoms with van der Waals surface area (Å²) < 4.78 is 0. The fraction of sp³-hybridized carbons (Fsp3) is 0.769. The summed E-state index contributed by atoms with van der Waals surface area (Å²) in [4.78, 5) is 28.6. The molecule has 3 N–H and O–H groups in total. The molecule has 0 radical (unpaired) electrons. The lowest BCUT2D eigenvalue weighted by atomic mass is 10.1. The second kappa shape index (κ2) is 8.39. The van der Waals surface area contributed by atoms with Crippen LogP contribution in [-0.2, 0) is 9.59 Å². The maximum absolute atomic E-state index is 11.6. The van der Waals surface area contributed by atoms with Gasteiger partial charge < -0.3 is 20.9 Å². The minimum absolute atomic E-state index is 0.0402. The molecule has 0 atom stereocenters. The van der Waals surface area contributed by atoms with Crippen molar-refractivity contribution in [2.75, 3.05) is 34.2 Å². The summed E-state index contributed by atoms with van der Waals surface area (Å²) in [6.45, 7) is 6.37. The van der Waals surface area contributed by atoms with Gasteiger partial charge >= 0.3 is 0 Å². The highest BCUT2D eigenvalue weighted by atomic mass is 16.2. The molecule has 0 saturated carbocycles. The molecule has 0 fully saturated rings. The molecule has 0 heterocycles. The molecule has 7 heteroatoms. The first kappa shape index (κ1) is 18.2. The molecule has 0 saturated heterocycles. The van der Waals surface area contributed by atoms with Crippen LogP contribution in [-0.4, -0.2) is 62.4 Å². The molecule has 0 aromatic heterocycles. The summed E-state index contributed by atoms with van der Waals surface area (Å²) in [5.41, 5.74) is -0.256. The Hall–Kier alpha value is -1.79. The zero-order valence-corrected chi connectivity index (χ0v) is 13.3. The van der Waals surface area contributed by atoms with Gasteiger partial charge in [-0.15, -0.1) is 0 Å². The SMILES string of the molecule is CN=C(NCCC(=O)N(C)C)NCC(=O)NC(C)(C)C. The number of aliphatic imine (C=N–C) groups is 1. The highest BCUT2D eigenvalue weighted by Crippen LogP contribution is 1.97. The number of nitrogens with zero attached hydrogens (tertiary/aromatic N) is 2. The van der Waals surface area contributed by atoms with E-state index in [4.69, 9.17) is 0 Å². The Morgan fingerprint density at radius 3 is 2.20 bits per heavy atom. The van der Waals surface area contributed by atoms with Crippen LogP contribution in [0.3, 0.4) is 0 Å². The number of guanidine groups is 1. The lowest BCUT2D eigenvalue weighted by Crippen LogP contribution is -2.48. The molecule has 0 spiro atoms. The predicted molar refractivity (Wildman–Crippen MR) is 80.6 cm³/mol. The maximum Gasteiger partial charge on any atom is 0.239 e. The predicted octanol–water partition coefficient (Wildman–Crippen LogP) is -0.456. The molecule has 0 rings (SSSR count). The normalized spacial score (nSPS) is 11.8. The van der Waals surface area contributed by atoms with Crippen molar-refractivity contribution in [3.63, 3.8) is 0 Å². The Balaban J connectivity index is 4.00. The van der Waals surface area contributed by atoms with E-state index in [1.165, 1.54) is 4.90 Å². The van der Waals surface area contributed by atoms with Gasteiger partial charge in [-0.05, 0) is 20.8 Å². The summed E-state index contributed by atoms with van der Waals surface area (Å²) in [5, 5.41) is 8.72. The summed E-state index contributed by atoms with van der Waals surface area (Å²) in [6.07, 6.45) is 0.377. The Bertz CT molecular complexity index is 358. The molecule has 0 aromatic rings. The number of nitrogens with one attached hydrogen (secondary N) is 3. The minimum Gasteiger partial charge on any atom is -0.356 e. The molecule has 2 amide bonds. The van der Waals surface area contributed by atoms with Crippen LogP contribution in [0, 0.1) is 0 Å². The van der Waals surface area contributed by atoms with Crippen LogP contribution in [0.15, 0.2) is 4.99 Å². The van der Waals surface area contributed by atoms with Crippen molar-refractivity contribution in [2.24, 2.45) is 4.99 Å². The van der Waals surface area contributed by atoms with Gasteiger partial charge in [0.25, 0.3) is 0 Å².